The molecular formula is C36H50I4N2O2. The van der Waals surface area contributed by atoms with Crippen molar-refractivity contribution >= 4 is 103 Å². The second-order valence-corrected chi connectivity index (χ2v) is 16.6. The fraction of sp³-hybridized carbons (Fsp3) is 0.611. The summed E-state index contributed by atoms with van der Waals surface area (Å²) in [4.78, 5) is 10.1. The number of nitrogens with zero attached hydrogens (tertiary/aromatic N) is 2. The van der Waals surface area contributed by atoms with Crippen LogP contribution in [0.25, 0.3) is 0 Å². The topological polar surface area (TPSA) is 65.2 Å². The Morgan fingerprint density at radius 3 is 1.30 bits per heavy atom. The van der Waals surface area contributed by atoms with Gasteiger partial charge in [0.15, 0.2) is 0 Å². The number of hydrogen-bond acceptors (Lipinski definition) is 4. The molecule has 1 fully saturated rings. The highest BCUT2D eigenvalue weighted by Gasteiger charge is 2.24. The van der Waals surface area contributed by atoms with E-state index >= 15 is 0 Å². The van der Waals surface area contributed by atoms with Crippen molar-refractivity contribution in [3.05, 3.63) is 57.6 Å². The molecule has 0 aromatic heterocycles. The number of phenols is 2. The third kappa shape index (κ3) is 12.1. The van der Waals surface area contributed by atoms with Crippen molar-refractivity contribution in [2.24, 2.45) is 9.98 Å². The third-order valence-electron chi connectivity index (χ3n) is 8.90. The Kier molecular flexibility index (Phi) is 18.8. The highest BCUT2D eigenvalue weighted by molar-refractivity contribution is 14.1. The van der Waals surface area contributed by atoms with Gasteiger partial charge in [0.2, 0.25) is 0 Å². The maximum absolute atomic E-state index is 11.0. The normalized spacial score (nSPS) is 17.5. The quantitative estimate of drug-likeness (QED) is 0.0888. The van der Waals surface area contributed by atoms with E-state index in [1.807, 2.05) is 26.3 Å². The number of halogens is 4. The van der Waals surface area contributed by atoms with Gasteiger partial charge in [0.25, 0.3) is 0 Å². The molecular weight excluding hydrogens is 1000 g/mol. The average Bonchev–Trinajstić information content (AvgIpc) is 3.03. The molecule has 1 saturated carbocycles. The summed E-state index contributed by atoms with van der Waals surface area (Å²) in [6, 6.07) is 8.87. The molecule has 2 aromatic rings. The fourth-order valence-corrected chi connectivity index (χ4v) is 8.14. The van der Waals surface area contributed by atoms with Gasteiger partial charge in [0.1, 0.15) is 11.5 Å². The van der Waals surface area contributed by atoms with Crippen molar-refractivity contribution in [3.63, 3.8) is 0 Å². The van der Waals surface area contributed by atoms with Gasteiger partial charge in [-0.05, 0) is 142 Å². The van der Waals surface area contributed by atoms with Crippen LogP contribution in [-0.2, 0) is 0 Å². The molecule has 8 heteroatoms. The number of rotatable bonds is 18. The van der Waals surface area contributed by atoms with E-state index in [1.54, 1.807) is 0 Å². The van der Waals surface area contributed by atoms with Crippen LogP contribution >= 0.6 is 90.4 Å². The van der Waals surface area contributed by atoms with E-state index in [9.17, 15) is 10.2 Å². The first-order valence-corrected chi connectivity index (χ1v) is 22.4. The average molecular weight is 1050 g/mol. The molecule has 0 spiro atoms. The van der Waals surface area contributed by atoms with Gasteiger partial charge in [-0.3, -0.25) is 9.98 Å². The van der Waals surface area contributed by atoms with Gasteiger partial charge >= 0.3 is 0 Å². The summed E-state index contributed by atoms with van der Waals surface area (Å²) in [6.45, 7) is 4.02. The molecule has 3 rings (SSSR count). The SMILES string of the molecule is Cc1cc(C(CCCI)CCCI)cc(/C=N/C2CCCCC2/N=C/c2cc(C(CCCI)CCCI)cc(C)c2O)c1O. The van der Waals surface area contributed by atoms with E-state index in [0.717, 1.165) is 47.9 Å². The monoisotopic (exact) mass is 1050 g/mol. The molecule has 2 atom stereocenters. The van der Waals surface area contributed by atoms with Gasteiger partial charge in [0.05, 0.1) is 12.1 Å². The van der Waals surface area contributed by atoms with E-state index in [-0.39, 0.29) is 12.1 Å². The predicted molar refractivity (Wildman–Crippen MR) is 225 cm³/mol. The third-order valence-corrected chi connectivity index (χ3v) is 11.9. The number of aryl methyl sites for hydroxylation is 2. The van der Waals surface area contributed by atoms with Crippen LogP contribution in [0, 0.1) is 13.8 Å². The van der Waals surface area contributed by atoms with Crippen LogP contribution in [-0.4, -0.2) is 52.4 Å². The van der Waals surface area contributed by atoms with Crippen LogP contribution in [0.3, 0.4) is 0 Å². The maximum Gasteiger partial charge on any atom is 0.127 e. The second kappa shape index (κ2) is 21.3. The van der Waals surface area contributed by atoms with Gasteiger partial charge in [-0.15, -0.1) is 0 Å². The van der Waals surface area contributed by atoms with Gasteiger partial charge in [-0.1, -0.05) is 115 Å². The van der Waals surface area contributed by atoms with Gasteiger partial charge in [-0.25, -0.2) is 0 Å². The van der Waals surface area contributed by atoms with Crippen molar-refractivity contribution < 1.29 is 10.2 Å². The molecule has 0 bridgehead atoms. The van der Waals surface area contributed by atoms with Crippen LogP contribution in [0.15, 0.2) is 34.3 Å². The minimum Gasteiger partial charge on any atom is -0.507 e. The van der Waals surface area contributed by atoms with E-state index in [4.69, 9.17) is 9.98 Å². The van der Waals surface area contributed by atoms with Crippen LogP contribution in [0.2, 0.25) is 0 Å². The molecule has 0 amide bonds. The second-order valence-electron chi connectivity index (χ2n) is 12.2. The summed E-state index contributed by atoms with van der Waals surface area (Å²) >= 11 is 9.90. The molecule has 44 heavy (non-hydrogen) atoms. The van der Waals surface area contributed by atoms with Crippen molar-refractivity contribution in [3.8, 4) is 11.5 Å². The van der Waals surface area contributed by atoms with Gasteiger partial charge in [0, 0.05) is 23.6 Å². The summed E-state index contributed by atoms with van der Waals surface area (Å²) in [5, 5.41) is 22.0. The van der Waals surface area contributed by atoms with Crippen molar-refractivity contribution in [1.29, 1.82) is 0 Å². The lowest BCUT2D eigenvalue weighted by molar-refractivity contribution is 0.390. The minimum atomic E-state index is 0.0729. The Labute approximate surface area is 321 Å². The van der Waals surface area contributed by atoms with E-state index < -0.39 is 0 Å². The summed E-state index contributed by atoms with van der Waals surface area (Å²) < 4.78 is 4.69. The van der Waals surface area contributed by atoms with Crippen molar-refractivity contribution in [2.45, 2.75) is 115 Å². The number of phenolic OH excluding ortho intramolecular Hbond substituents is 2. The zero-order valence-corrected chi connectivity index (χ0v) is 35.0. The standard InChI is InChI=1S/C36H50I4N2O2/c1-25-19-29(27(9-5-15-37)10-6-16-38)21-31(35(25)43)23-41-33-13-3-4-14-34(33)42-24-32-22-30(20-26(2)36(32)44)28(11-7-17-39)12-8-18-40/h19-24,27-28,33-34,43-44H,3-18H2,1-2H3/b41-23+,42-24+. The van der Waals surface area contributed by atoms with Crippen LogP contribution in [0.1, 0.15) is 122 Å². The Balaban J connectivity index is 1.85. The van der Waals surface area contributed by atoms with Crippen molar-refractivity contribution in [1.82, 2.24) is 0 Å². The van der Waals surface area contributed by atoms with E-state index in [2.05, 4.69) is 115 Å². The highest BCUT2D eigenvalue weighted by atomic mass is 127. The van der Waals surface area contributed by atoms with Crippen LogP contribution in [0.4, 0.5) is 0 Å². The number of benzene rings is 2. The Hall–Kier alpha value is 0.300. The zero-order chi connectivity index (χ0) is 31.9. The molecule has 0 aliphatic heterocycles. The largest absolute Gasteiger partial charge is 0.507 e. The first kappa shape index (κ1) is 38.7. The molecule has 0 heterocycles. The lowest BCUT2D eigenvalue weighted by atomic mass is 9.88. The smallest absolute Gasteiger partial charge is 0.127 e. The molecule has 1 aliphatic carbocycles. The summed E-state index contributed by atoms with van der Waals surface area (Å²) in [7, 11) is 0. The Morgan fingerprint density at radius 1 is 0.636 bits per heavy atom. The summed E-state index contributed by atoms with van der Waals surface area (Å²) in [5.41, 5.74) is 6.17. The maximum atomic E-state index is 11.0. The fourth-order valence-electron chi connectivity index (χ4n) is 6.38. The molecule has 2 unspecified atom stereocenters. The first-order chi connectivity index (χ1) is 21.3. The van der Waals surface area contributed by atoms with Gasteiger partial charge in [-0.2, -0.15) is 0 Å². The number of alkyl halides is 4. The van der Waals surface area contributed by atoms with Crippen LogP contribution in [0.5, 0.6) is 11.5 Å². The van der Waals surface area contributed by atoms with E-state index in [0.29, 0.717) is 23.3 Å². The first-order valence-electron chi connectivity index (χ1n) is 16.3. The molecule has 0 radical (unpaired) electrons. The molecule has 0 saturated heterocycles. The molecule has 2 N–H and O–H groups in total. The summed E-state index contributed by atoms with van der Waals surface area (Å²) in [5.74, 6) is 1.72. The molecule has 4 nitrogen and oxygen atoms in total. The minimum absolute atomic E-state index is 0.0729. The Morgan fingerprint density at radius 2 is 0.977 bits per heavy atom. The zero-order valence-electron chi connectivity index (χ0n) is 26.4. The molecule has 1 aliphatic rings. The number of aromatic hydroxyl groups is 2. The van der Waals surface area contributed by atoms with Gasteiger partial charge < -0.3 is 10.2 Å². The summed E-state index contributed by atoms with van der Waals surface area (Å²) in [6.07, 6.45) is 17.7. The number of aliphatic imine (C=N–C) groups is 2. The lowest BCUT2D eigenvalue weighted by Gasteiger charge is -2.26. The molecule has 2 aromatic carbocycles. The van der Waals surface area contributed by atoms with Crippen LogP contribution < -0.4 is 0 Å². The predicted octanol–water partition coefficient (Wildman–Crippen LogP) is 11.6. The van der Waals surface area contributed by atoms with Crippen molar-refractivity contribution in [2.75, 3.05) is 17.7 Å². The van der Waals surface area contributed by atoms with E-state index in [1.165, 1.54) is 80.2 Å². The lowest BCUT2D eigenvalue weighted by Crippen LogP contribution is -2.27. The Bertz CT molecular complexity index is 1110. The highest BCUT2D eigenvalue weighted by Crippen LogP contribution is 2.34. The molecule has 244 valence electrons. The number of hydrogen-bond donors (Lipinski definition) is 2.